The van der Waals surface area contributed by atoms with E-state index in [1.165, 1.54) is 105 Å². The van der Waals surface area contributed by atoms with Crippen LogP contribution in [-0.4, -0.2) is 51.2 Å². The van der Waals surface area contributed by atoms with Crippen molar-refractivity contribution in [2.75, 3.05) is 35.0 Å². The number of hydrogen-bond donors (Lipinski definition) is 0. The van der Waals surface area contributed by atoms with Gasteiger partial charge in [-0.3, -0.25) is 0 Å². The van der Waals surface area contributed by atoms with Gasteiger partial charge in [-0.15, -0.1) is 0 Å². The Balaban J connectivity index is 3.65. The summed E-state index contributed by atoms with van der Waals surface area (Å²) in [4.78, 5) is 21.4. The minimum atomic E-state index is 0.199. The van der Waals surface area contributed by atoms with Gasteiger partial charge in [0.25, 0.3) is 0 Å². The molecule has 168 valence electrons. The molecular formula is C21H45N2O5+. The molecule has 7 heteroatoms. The lowest BCUT2D eigenvalue weighted by Crippen LogP contribution is -2.38. The van der Waals surface area contributed by atoms with Crippen molar-refractivity contribution in [3.63, 3.8) is 0 Å². The van der Waals surface area contributed by atoms with Crippen molar-refractivity contribution in [2.24, 2.45) is 0 Å². The normalized spacial score (nSPS) is 10.6. The van der Waals surface area contributed by atoms with E-state index in [4.69, 9.17) is 24.1 Å². The van der Waals surface area contributed by atoms with Gasteiger partial charge in [-0.1, -0.05) is 90.4 Å². The van der Waals surface area contributed by atoms with Crippen molar-refractivity contribution in [1.29, 1.82) is 0 Å². The second-order valence-electron chi connectivity index (χ2n) is 6.97. The van der Waals surface area contributed by atoms with Gasteiger partial charge >= 0.3 is 6.02 Å². The summed E-state index contributed by atoms with van der Waals surface area (Å²) >= 11 is 0. The van der Waals surface area contributed by atoms with E-state index in [1.54, 1.807) is 0 Å². The summed E-state index contributed by atoms with van der Waals surface area (Å²) in [6.07, 6.45) is 18.6. The first-order chi connectivity index (χ1) is 13.7. The number of hydrogen-bond acceptors (Lipinski definition) is 5. The lowest BCUT2D eigenvalue weighted by Gasteiger charge is -2.12. The predicted molar refractivity (Wildman–Crippen MR) is 111 cm³/mol. The van der Waals surface area contributed by atoms with Crippen LogP contribution in [-0.2, 0) is 24.1 Å². The van der Waals surface area contributed by atoms with Crippen LogP contribution in [0.3, 0.4) is 0 Å². The third-order valence-corrected chi connectivity index (χ3v) is 4.70. The molecule has 0 bridgehead atoms. The molecular weight excluding hydrogens is 360 g/mol. The fourth-order valence-electron chi connectivity index (χ4n) is 3.09. The molecule has 0 spiro atoms. The van der Waals surface area contributed by atoms with Gasteiger partial charge in [0.05, 0.1) is 26.1 Å². The molecule has 0 aromatic heterocycles. The van der Waals surface area contributed by atoms with Gasteiger partial charge in [0.2, 0.25) is 0 Å². The van der Waals surface area contributed by atoms with Gasteiger partial charge < -0.3 is 14.4 Å². The smallest absolute Gasteiger partial charge is 0.422 e. The highest BCUT2D eigenvalue weighted by atomic mass is 17.0. The quantitative estimate of drug-likeness (QED) is 0.124. The highest BCUT2D eigenvalue weighted by Gasteiger charge is 2.31. The van der Waals surface area contributed by atoms with E-state index in [-0.39, 0.29) is 6.02 Å². The summed E-state index contributed by atoms with van der Waals surface area (Å²) in [6, 6.07) is 0.199. The van der Waals surface area contributed by atoms with Crippen LogP contribution in [0.1, 0.15) is 96.8 Å². The first kappa shape index (κ1) is 26.8. The van der Waals surface area contributed by atoms with Crippen LogP contribution >= 0.6 is 0 Å². The molecule has 28 heavy (non-hydrogen) atoms. The lowest BCUT2D eigenvalue weighted by atomic mass is 10.0. The third-order valence-electron chi connectivity index (χ3n) is 4.70. The van der Waals surface area contributed by atoms with Crippen LogP contribution < -0.4 is 0 Å². The summed E-state index contributed by atoms with van der Waals surface area (Å²) in [5, 5.41) is 1.09. The predicted octanol–water partition coefficient (Wildman–Crippen LogP) is 5.40. The van der Waals surface area contributed by atoms with Crippen molar-refractivity contribution in [3.05, 3.63) is 0 Å². The fourth-order valence-corrected chi connectivity index (χ4v) is 3.09. The molecule has 0 saturated heterocycles. The Morgan fingerprint density at radius 2 is 1.00 bits per heavy atom. The molecule has 0 saturated carbocycles. The third kappa shape index (κ3) is 13.9. The highest BCUT2D eigenvalue weighted by molar-refractivity contribution is 5.65. The largest absolute Gasteiger partial charge is 0.593 e. The maximum atomic E-state index is 5.71. The first-order valence-electron chi connectivity index (χ1n) is 11.0. The summed E-state index contributed by atoms with van der Waals surface area (Å²) in [6.45, 7) is 2.81. The van der Waals surface area contributed by atoms with Crippen molar-refractivity contribution >= 4 is 6.02 Å². The minimum Gasteiger partial charge on any atom is -0.422 e. The molecule has 0 amide bonds. The van der Waals surface area contributed by atoms with Crippen LogP contribution in [0.4, 0.5) is 0 Å². The molecule has 0 aromatic rings. The van der Waals surface area contributed by atoms with Gasteiger partial charge in [-0.2, -0.15) is 9.68 Å². The second-order valence-corrected chi connectivity index (χ2v) is 6.97. The summed E-state index contributed by atoms with van der Waals surface area (Å²) in [7, 11) is 5.90. The van der Waals surface area contributed by atoms with Crippen molar-refractivity contribution in [2.45, 2.75) is 96.8 Å². The fraction of sp³-hybridized carbons (Fsp3) is 0.952. The number of rotatable bonds is 19. The van der Waals surface area contributed by atoms with E-state index >= 15 is 0 Å². The van der Waals surface area contributed by atoms with E-state index in [1.807, 2.05) is 0 Å². The Kier molecular flexibility index (Phi) is 19.6. The van der Waals surface area contributed by atoms with Crippen LogP contribution in [0.5, 0.6) is 0 Å². The molecule has 0 aromatic carbocycles. The molecule has 0 heterocycles. The van der Waals surface area contributed by atoms with E-state index in [0.717, 1.165) is 23.0 Å². The number of ether oxygens (including phenoxy) is 1. The minimum absolute atomic E-state index is 0.199. The van der Waals surface area contributed by atoms with Crippen molar-refractivity contribution in [3.8, 4) is 0 Å². The Morgan fingerprint density at radius 3 is 1.36 bits per heavy atom. The van der Waals surface area contributed by atoms with Crippen molar-refractivity contribution in [1.82, 2.24) is 5.23 Å². The first-order valence-corrected chi connectivity index (χ1v) is 11.0. The topological polar surface area (TPSA) is 52.4 Å². The molecule has 0 aliphatic carbocycles. The zero-order valence-electron chi connectivity index (χ0n) is 19.0. The number of amidine groups is 1. The summed E-state index contributed by atoms with van der Waals surface area (Å²) < 4.78 is 5.71. The standard InChI is InChI=1S/C21H45N2O5/c1-6-7-8-9-10-11-12-13-14-15-16-17-18-19-20-28-21(22(24-2)25-3)23(26-4)27-5/h6-20H2,1-5H3/q+1. The Morgan fingerprint density at radius 1 is 0.607 bits per heavy atom. The zero-order valence-corrected chi connectivity index (χ0v) is 19.0. The molecule has 0 radical (unpaired) electrons. The number of unbranched alkanes of at least 4 members (excludes halogenated alkanes) is 13. The van der Waals surface area contributed by atoms with E-state index < -0.39 is 0 Å². The molecule has 0 unspecified atom stereocenters. The van der Waals surface area contributed by atoms with Gasteiger partial charge in [0.1, 0.15) is 14.2 Å². The molecule has 0 N–H and O–H groups in total. The van der Waals surface area contributed by atoms with Gasteiger partial charge in [-0.25, -0.2) is 0 Å². The number of nitrogens with zero attached hydrogens (tertiary/aromatic N) is 2. The van der Waals surface area contributed by atoms with Crippen LogP contribution in [0, 0.1) is 0 Å². The van der Waals surface area contributed by atoms with Crippen molar-refractivity contribution < 1.29 is 29.0 Å². The maximum absolute atomic E-state index is 5.71. The molecule has 0 aliphatic heterocycles. The van der Waals surface area contributed by atoms with Gasteiger partial charge in [0, 0.05) is 0 Å². The Bertz CT molecular complexity index is 357. The van der Waals surface area contributed by atoms with Crippen LogP contribution in [0.25, 0.3) is 0 Å². The average molecular weight is 406 g/mol. The monoisotopic (exact) mass is 405 g/mol. The zero-order chi connectivity index (χ0) is 20.9. The van der Waals surface area contributed by atoms with Gasteiger partial charge in [-0.05, 0) is 6.42 Å². The Labute approximate surface area is 172 Å². The SMILES string of the molecule is CCCCCCCCCCCCCCCCOC(N(OC)OC)=[N+](OC)OC. The van der Waals surface area contributed by atoms with E-state index in [0.29, 0.717) is 6.61 Å². The van der Waals surface area contributed by atoms with Crippen LogP contribution in [0.2, 0.25) is 0 Å². The van der Waals surface area contributed by atoms with E-state index in [9.17, 15) is 0 Å². The molecule has 0 rings (SSSR count). The lowest BCUT2D eigenvalue weighted by molar-refractivity contribution is -0.965. The average Bonchev–Trinajstić information content (AvgIpc) is 2.72. The Hall–Kier alpha value is -1.21. The van der Waals surface area contributed by atoms with E-state index in [2.05, 4.69) is 6.92 Å². The summed E-state index contributed by atoms with van der Waals surface area (Å²) in [5.41, 5.74) is 0. The summed E-state index contributed by atoms with van der Waals surface area (Å²) in [5.74, 6) is 0. The molecule has 0 aliphatic rings. The van der Waals surface area contributed by atoms with Crippen LogP contribution in [0.15, 0.2) is 0 Å². The molecule has 0 atom stereocenters. The maximum Gasteiger partial charge on any atom is 0.593 e. The number of hydroxylamine groups is 2. The second kappa shape index (κ2) is 20.5. The highest BCUT2D eigenvalue weighted by Crippen LogP contribution is 2.13. The molecule has 0 fully saturated rings. The van der Waals surface area contributed by atoms with Gasteiger partial charge in [0.15, 0.2) is 4.90 Å². The molecule has 7 nitrogen and oxygen atoms in total.